The molecule has 31 heavy (non-hydrogen) atoms. The molecule has 2 aromatic rings. The maximum atomic E-state index is 12.7. The fourth-order valence-corrected chi connectivity index (χ4v) is 4.45. The lowest BCUT2D eigenvalue weighted by Gasteiger charge is -2.20. The highest BCUT2D eigenvalue weighted by atomic mass is 32.2. The van der Waals surface area contributed by atoms with Gasteiger partial charge in [-0.15, -0.1) is 0 Å². The van der Waals surface area contributed by atoms with Crippen LogP contribution < -0.4 is 10.3 Å². The predicted molar refractivity (Wildman–Crippen MR) is 119 cm³/mol. The molecule has 1 amide bonds. The van der Waals surface area contributed by atoms with Gasteiger partial charge in [0.1, 0.15) is 18.9 Å². The number of ether oxygens (including phenoxy) is 1. The smallest absolute Gasteiger partial charge is 0.251 e. The Hall–Kier alpha value is -2.91. The van der Waals surface area contributed by atoms with Crippen LogP contribution in [0.1, 0.15) is 19.4 Å². The SMILES string of the molecule is C=CCOc1ccc(CN(C)C(=O)Cn2cc(S(=O)(=O)N(CC)CC)ccc2=O)cc1. The molecule has 8 nitrogen and oxygen atoms in total. The molecule has 0 saturated carbocycles. The van der Waals surface area contributed by atoms with Crippen molar-refractivity contribution in [1.29, 1.82) is 0 Å². The molecule has 168 valence electrons. The Balaban J connectivity index is 2.12. The van der Waals surface area contributed by atoms with Crippen molar-refractivity contribution < 1.29 is 17.9 Å². The monoisotopic (exact) mass is 447 g/mol. The van der Waals surface area contributed by atoms with Gasteiger partial charge in [-0.1, -0.05) is 38.6 Å². The highest BCUT2D eigenvalue weighted by Crippen LogP contribution is 2.15. The highest BCUT2D eigenvalue weighted by Gasteiger charge is 2.23. The number of carbonyl (C=O) groups is 1. The number of nitrogens with zero attached hydrogens (tertiary/aromatic N) is 3. The summed E-state index contributed by atoms with van der Waals surface area (Å²) >= 11 is 0. The molecule has 0 saturated heterocycles. The zero-order valence-electron chi connectivity index (χ0n) is 18.2. The molecule has 0 atom stereocenters. The molecule has 0 bridgehead atoms. The van der Waals surface area contributed by atoms with E-state index in [0.29, 0.717) is 32.0 Å². The number of carbonyl (C=O) groups excluding carboxylic acids is 1. The summed E-state index contributed by atoms with van der Waals surface area (Å²) in [5, 5.41) is 0. The molecular weight excluding hydrogens is 418 g/mol. The molecule has 0 aliphatic rings. The zero-order valence-corrected chi connectivity index (χ0v) is 19.0. The van der Waals surface area contributed by atoms with Crippen LogP contribution >= 0.6 is 0 Å². The summed E-state index contributed by atoms with van der Waals surface area (Å²) in [6.45, 7) is 8.22. The normalized spacial score (nSPS) is 11.4. The second kappa shape index (κ2) is 10.9. The van der Waals surface area contributed by atoms with E-state index in [1.54, 1.807) is 27.0 Å². The third-order valence-corrected chi connectivity index (χ3v) is 6.78. The molecule has 2 rings (SSSR count). The van der Waals surface area contributed by atoms with Crippen LogP contribution in [0.15, 0.2) is 64.9 Å². The van der Waals surface area contributed by atoms with Crippen LogP contribution in [0, 0.1) is 0 Å². The topological polar surface area (TPSA) is 88.9 Å². The molecule has 0 fully saturated rings. The van der Waals surface area contributed by atoms with E-state index in [1.807, 2.05) is 24.3 Å². The van der Waals surface area contributed by atoms with Crippen molar-refractivity contribution in [2.24, 2.45) is 0 Å². The number of sulfonamides is 1. The Bertz CT molecular complexity index is 1060. The summed E-state index contributed by atoms with van der Waals surface area (Å²) < 4.78 is 33.3. The molecule has 1 aromatic heterocycles. The van der Waals surface area contributed by atoms with E-state index in [-0.39, 0.29) is 17.3 Å². The van der Waals surface area contributed by atoms with Crippen LogP contribution in [0.5, 0.6) is 5.75 Å². The van der Waals surface area contributed by atoms with Crippen molar-refractivity contribution >= 4 is 15.9 Å². The van der Waals surface area contributed by atoms with Crippen molar-refractivity contribution in [3.63, 3.8) is 0 Å². The zero-order chi connectivity index (χ0) is 23.0. The first-order valence-corrected chi connectivity index (χ1v) is 11.4. The number of hydrogen-bond donors (Lipinski definition) is 0. The van der Waals surface area contributed by atoms with Gasteiger partial charge in [-0.3, -0.25) is 9.59 Å². The lowest BCUT2D eigenvalue weighted by molar-refractivity contribution is -0.131. The van der Waals surface area contributed by atoms with Gasteiger partial charge in [0.2, 0.25) is 15.9 Å². The van der Waals surface area contributed by atoms with Crippen molar-refractivity contribution in [3.05, 3.63) is 71.2 Å². The van der Waals surface area contributed by atoms with Gasteiger partial charge in [-0.05, 0) is 23.8 Å². The first-order valence-electron chi connectivity index (χ1n) is 10.00. The van der Waals surface area contributed by atoms with Gasteiger partial charge in [-0.2, -0.15) is 4.31 Å². The van der Waals surface area contributed by atoms with Gasteiger partial charge in [0, 0.05) is 38.9 Å². The van der Waals surface area contributed by atoms with Crippen LogP contribution in [0.25, 0.3) is 0 Å². The molecule has 1 heterocycles. The average Bonchev–Trinajstić information content (AvgIpc) is 2.75. The highest BCUT2D eigenvalue weighted by molar-refractivity contribution is 7.89. The van der Waals surface area contributed by atoms with Crippen molar-refractivity contribution in [1.82, 2.24) is 13.8 Å². The van der Waals surface area contributed by atoms with E-state index in [4.69, 9.17) is 4.74 Å². The van der Waals surface area contributed by atoms with E-state index in [9.17, 15) is 18.0 Å². The van der Waals surface area contributed by atoms with E-state index in [1.165, 1.54) is 27.5 Å². The number of likely N-dealkylation sites (N-methyl/N-ethyl adjacent to an activating group) is 1. The van der Waals surface area contributed by atoms with Gasteiger partial charge in [0.05, 0.1) is 4.90 Å². The second-order valence-electron chi connectivity index (χ2n) is 6.91. The van der Waals surface area contributed by atoms with E-state index in [0.717, 1.165) is 10.1 Å². The van der Waals surface area contributed by atoms with Crippen LogP contribution in [0.2, 0.25) is 0 Å². The number of hydrogen-bond acceptors (Lipinski definition) is 5. The number of rotatable bonds is 11. The summed E-state index contributed by atoms with van der Waals surface area (Å²) in [6, 6.07) is 9.77. The summed E-state index contributed by atoms with van der Waals surface area (Å²) in [7, 11) is -2.09. The lowest BCUT2D eigenvalue weighted by atomic mass is 10.2. The fourth-order valence-electron chi connectivity index (χ4n) is 2.97. The van der Waals surface area contributed by atoms with E-state index in [2.05, 4.69) is 6.58 Å². The minimum absolute atomic E-state index is 0.0126. The van der Waals surface area contributed by atoms with Crippen LogP contribution in [-0.2, 0) is 27.9 Å². The van der Waals surface area contributed by atoms with Gasteiger partial charge < -0.3 is 14.2 Å². The number of pyridine rings is 1. The molecular formula is C22H29N3O5S. The largest absolute Gasteiger partial charge is 0.490 e. The van der Waals surface area contributed by atoms with Crippen molar-refractivity contribution in [3.8, 4) is 5.75 Å². The summed E-state index contributed by atoms with van der Waals surface area (Å²) in [4.78, 5) is 26.3. The number of benzene rings is 1. The Morgan fingerprint density at radius 3 is 2.35 bits per heavy atom. The Labute approximate surface area is 183 Å². The minimum atomic E-state index is -3.73. The van der Waals surface area contributed by atoms with Crippen LogP contribution in [0.3, 0.4) is 0 Å². The van der Waals surface area contributed by atoms with Gasteiger partial charge >= 0.3 is 0 Å². The molecule has 0 unspecified atom stereocenters. The van der Waals surface area contributed by atoms with Gasteiger partial charge in [0.25, 0.3) is 5.56 Å². The van der Waals surface area contributed by atoms with Gasteiger partial charge in [-0.25, -0.2) is 8.42 Å². The number of amides is 1. The first kappa shape index (κ1) is 24.4. The Morgan fingerprint density at radius 2 is 1.77 bits per heavy atom. The summed E-state index contributed by atoms with van der Waals surface area (Å²) in [5.41, 5.74) is 0.455. The first-order chi connectivity index (χ1) is 14.7. The lowest BCUT2D eigenvalue weighted by Crippen LogP contribution is -2.35. The summed E-state index contributed by atoms with van der Waals surface area (Å²) in [6.07, 6.45) is 2.89. The fraction of sp³-hybridized carbons (Fsp3) is 0.364. The molecule has 0 N–H and O–H groups in total. The quantitative estimate of drug-likeness (QED) is 0.492. The minimum Gasteiger partial charge on any atom is -0.490 e. The second-order valence-corrected chi connectivity index (χ2v) is 8.85. The summed E-state index contributed by atoms with van der Waals surface area (Å²) in [5.74, 6) is 0.391. The number of aromatic nitrogens is 1. The molecule has 0 aliphatic heterocycles. The predicted octanol–water partition coefficient (Wildman–Crippen LogP) is 2.10. The van der Waals surface area contributed by atoms with Crippen molar-refractivity contribution in [2.45, 2.75) is 31.8 Å². The van der Waals surface area contributed by atoms with Crippen molar-refractivity contribution in [2.75, 3.05) is 26.7 Å². The standard InChI is InChI=1S/C22H29N3O5S/c1-5-14-30-19-10-8-18(9-11-19)15-23(4)22(27)17-24-16-20(12-13-21(24)26)31(28,29)25(6-2)7-3/h5,8-13,16H,1,6-7,14-15,17H2,2-4H3. The third kappa shape index (κ3) is 6.28. The van der Waals surface area contributed by atoms with E-state index < -0.39 is 15.6 Å². The molecule has 0 spiro atoms. The molecule has 0 aliphatic carbocycles. The molecule has 0 radical (unpaired) electrons. The van der Waals surface area contributed by atoms with Crippen LogP contribution in [-0.4, -0.2) is 54.8 Å². The molecule has 9 heteroatoms. The average molecular weight is 448 g/mol. The van der Waals surface area contributed by atoms with Crippen LogP contribution in [0.4, 0.5) is 0 Å². The molecule has 1 aromatic carbocycles. The maximum absolute atomic E-state index is 12.7. The Kier molecular flexibility index (Phi) is 8.58. The third-order valence-electron chi connectivity index (χ3n) is 4.74. The van der Waals surface area contributed by atoms with E-state index >= 15 is 0 Å². The Morgan fingerprint density at radius 1 is 1.13 bits per heavy atom. The van der Waals surface area contributed by atoms with Gasteiger partial charge in [0.15, 0.2) is 0 Å². The maximum Gasteiger partial charge on any atom is 0.251 e.